The van der Waals surface area contributed by atoms with Crippen LogP contribution in [0.5, 0.6) is 0 Å². The summed E-state index contributed by atoms with van der Waals surface area (Å²) < 4.78 is 0. The highest BCUT2D eigenvalue weighted by Crippen LogP contribution is 2.32. The van der Waals surface area contributed by atoms with Gasteiger partial charge in [0, 0.05) is 6.04 Å². The number of rotatable bonds is 5. The first kappa shape index (κ1) is 9.51. The van der Waals surface area contributed by atoms with Crippen LogP contribution < -0.4 is 5.32 Å². The molecule has 0 radical (unpaired) electrons. The van der Waals surface area contributed by atoms with E-state index in [9.17, 15) is 0 Å². The Morgan fingerprint density at radius 2 is 1.85 bits per heavy atom. The minimum absolute atomic E-state index is 0.779. The van der Waals surface area contributed by atoms with Gasteiger partial charge in [-0.3, -0.25) is 0 Å². The standard InChI is InChI=1S/C12H23N/c1-10(12-4-2-3-5-12)13-9-8-11-6-7-11/h10-13H,2-9H2,1H3. The molecule has 0 saturated heterocycles. The van der Waals surface area contributed by atoms with E-state index < -0.39 is 0 Å². The summed E-state index contributed by atoms with van der Waals surface area (Å²) in [6.07, 6.45) is 10.3. The molecule has 0 aromatic rings. The highest BCUT2D eigenvalue weighted by Gasteiger charge is 2.23. The maximum absolute atomic E-state index is 3.70. The normalized spacial score (nSPS) is 26.5. The number of hydrogen-bond donors (Lipinski definition) is 1. The van der Waals surface area contributed by atoms with E-state index in [-0.39, 0.29) is 0 Å². The Morgan fingerprint density at radius 1 is 1.15 bits per heavy atom. The van der Waals surface area contributed by atoms with Crippen LogP contribution in [-0.2, 0) is 0 Å². The van der Waals surface area contributed by atoms with Gasteiger partial charge < -0.3 is 5.32 Å². The van der Waals surface area contributed by atoms with E-state index in [1.165, 1.54) is 51.5 Å². The van der Waals surface area contributed by atoms with E-state index in [0.29, 0.717) is 0 Å². The zero-order chi connectivity index (χ0) is 9.10. The van der Waals surface area contributed by atoms with Crippen molar-refractivity contribution in [3.8, 4) is 0 Å². The zero-order valence-electron chi connectivity index (χ0n) is 8.89. The molecular weight excluding hydrogens is 158 g/mol. The fourth-order valence-corrected chi connectivity index (χ4v) is 2.55. The summed E-state index contributed by atoms with van der Waals surface area (Å²) in [5.41, 5.74) is 0. The monoisotopic (exact) mass is 181 g/mol. The average Bonchev–Trinajstić information content (AvgIpc) is 2.80. The van der Waals surface area contributed by atoms with Crippen LogP contribution in [0.3, 0.4) is 0 Å². The number of nitrogens with one attached hydrogen (secondary N) is 1. The minimum Gasteiger partial charge on any atom is -0.314 e. The summed E-state index contributed by atoms with van der Waals surface area (Å²) in [6, 6.07) is 0.779. The largest absolute Gasteiger partial charge is 0.314 e. The molecule has 0 aromatic carbocycles. The Labute approximate surface area is 82.3 Å². The van der Waals surface area contributed by atoms with Gasteiger partial charge in [-0.15, -0.1) is 0 Å². The highest BCUT2D eigenvalue weighted by atomic mass is 14.9. The Kier molecular flexibility index (Phi) is 3.26. The first-order valence-electron chi connectivity index (χ1n) is 6.09. The third-order valence-electron chi connectivity index (χ3n) is 3.82. The first-order valence-corrected chi connectivity index (χ1v) is 6.09. The van der Waals surface area contributed by atoms with Crippen LogP contribution in [0.25, 0.3) is 0 Å². The van der Waals surface area contributed by atoms with Crippen molar-refractivity contribution in [1.82, 2.24) is 5.32 Å². The van der Waals surface area contributed by atoms with Gasteiger partial charge in [-0.2, -0.15) is 0 Å². The molecule has 0 bridgehead atoms. The van der Waals surface area contributed by atoms with Crippen LogP contribution in [0.4, 0.5) is 0 Å². The third-order valence-corrected chi connectivity index (χ3v) is 3.82. The maximum Gasteiger partial charge on any atom is 0.00669 e. The molecule has 13 heavy (non-hydrogen) atoms. The van der Waals surface area contributed by atoms with Crippen molar-refractivity contribution in [2.75, 3.05) is 6.54 Å². The van der Waals surface area contributed by atoms with Gasteiger partial charge in [0.2, 0.25) is 0 Å². The molecule has 0 aliphatic heterocycles. The molecule has 0 aromatic heterocycles. The molecule has 1 unspecified atom stereocenters. The van der Waals surface area contributed by atoms with Crippen molar-refractivity contribution < 1.29 is 0 Å². The summed E-state index contributed by atoms with van der Waals surface area (Å²) in [5.74, 6) is 2.07. The Balaban J connectivity index is 1.56. The predicted molar refractivity (Wildman–Crippen MR) is 56.8 cm³/mol. The molecule has 2 aliphatic carbocycles. The van der Waals surface area contributed by atoms with Gasteiger partial charge in [-0.1, -0.05) is 25.7 Å². The molecule has 1 N–H and O–H groups in total. The lowest BCUT2D eigenvalue weighted by atomic mass is 10.00. The van der Waals surface area contributed by atoms with Crippen molar-refractivity contribution >= 4 is 0 Å². The third kappa shape index (κ3) is 2.98. The van der Waals surface area contributed by atoms with Crippen molar-refractivity contribution in [3.63, 3.8) is 0 Å². The van der Waals surface area contributed by atoms with Crippen molar-refractivity contribution in [2.24, 2.45) is 11.8 Å². The van der Waals surface area contributed by atoms with Gasteiger partial charge in [0.05, 0.1) is 0 Å². The van der Waals surface area contributed by atoms with Crippen molar-refractivity contribution in [3.05, 3.63) is 0 Å². The molecule has 0 amide bonds. The van der Waals surface area contributed by atoms with Crippen LogP contribution in [0.1, 0.15) is 51.9 Å². The smallest absolute Gasteiger partial charge is 0.00669 e. The van der Waals surface area contributed by atoms with E-state index in [0.717, 1.165) is 17.9 Å². The van der Waals surface area contributed by atoms with E-state index >= 15 is 0 Å². The fourth-order valence-electron chi connectivity index (χ4n) is 2.55. The van der Waals surface area contributed by atoms with Gasteiger partial charge in [0.15, 0.2) is 0 Å². The van der Waals surface area contributed by atoms with E-state index in [2.05, 4.69) is 12.2 Å². The molecule has 0 heterocycles. The molecule has 2 aliphatic rings. The summed E-state index contributed by atoms with van der Waals surface area (Å²) >= 11 is 0. The fraction of sp³-hybridized carbons (Fsp3) is 1.00. The zero-order valence-corrected chi connectivity index (χ0v) is 8.89. The van der Waals surface area contributed by atoms with Crippen LogP contribution in [0.15, 0.2) is 0 Å². The lowest BCUT2D eigenvalue weighted by molar-refractivity contribution is 0.377. The Hall–Kier alpha value is -0.0400. The predicted octanol–water partition coefficient (Wildman–Crippen LogP) is 2.95. The number of hydrogen-bond acceptors (Lipinski definition) is 1. The molecule has 2 rings (SSSR count). The van der Waals surface area contributed by atoms with Crippen LogP contribution in [0, 0.1) is 11.8 Å². The van der Waals surface area contributed by atoms with Gasteiger partial charge >= 0.3 is 0 Å². The summed E-state index contributed by atoms with van der Waals surface area (Å²) in [7, 11) is 0. The average molecular weight is 181 g/mol. The molecule has 76 valence electrons. The van der Waals surface area contributed by atoms with Crippen LogP contribution in [0.2, 0.25) is 0 Å². The Bertz CT molecular complexity index is 145. The summed E-state index contributed by atoms with van der Waals surface area (Å²) in [6.45, 7) is 3.64. The lowest BCUT2D eigenvalue weighted by Crippen LogP contribution is -2.33. The van der Waals surface area contributed by atoms with Gasteiger partial charge in [0.25, 0.3) is 0 Å². The first-order chi connectivity index (χ1) is 6.36. The molecule has 2 saturated carbocycles. The maximum atomic E-state index is 3.70. The van der Waals surface area contributed by atoms with Gasteiger partial charge in [0.1, 0.15) is 0 Å². The van der Waals surface area contributed by atoms with Crippen molar-refractivity contribution in [1.29, 1.82) is 0 Å². The molecule has 0 spiro atoms. The van der Waals surface area contributed by atoms with Gasteiger partial charge in [-0.05, 0) is 44.6 Å². The molecular formula is C12H23N. The van der Waals surface area contributed by atoms with Crippen LogP contribution >= 0.6 is 0 Å². The quantitative estimate of drug-likeness (QED) is 0.687. The van der Waals surface area contributed by atoms with E-state index in [1.54, 1.807) is 0 Å². The molecule has 1 atom stereocenters. The second-order valence-corrected chi connectivity index (χ2v) is 5.02. The van der Waals surface area contributed by atoms with Crippen LogP contribution in [-0.4, -0.2) is 12.6 Å². The van der Waals surface area contributed by atoms with Gasteiger partial charge in [-0.25, -0.2) is 0 Å². The molecule has 2 fully saturated rings. The lowest BCUT2D eigenvalue weighted by Gasteiger charge is -2.20. The topological polar surface area (TPSA) is 12.0 Å². The van der Waals surface area contributed by atoms with E-state index in [1.807, 2.05) is 0 Å². The minimum atomic E-state index is 0.779. The summed E-state index contributed by atoms with van der Waals surface area (Å²) in [4.78, 5) is 0. The SMILES string of the molecule is CC(NCCC1CC1)C1CCCC1. The molecule has 1 nitrogen and oxygen atoms in total. The summed E-state index contributed by atoms with van der Waals surface area (Å²) in [5, 5.41) is 3.70. The second kappa shape index (κ2) is 4.45. The second-order valence-electron chi connectivity index (χ2n) is 5.02. The Morgan fingerprint density at radius 3 is 2.46 bits per heavy atom. The highest BCUT2D eigenvalue weighted by molar-refractivity contribution is 4.79. The van der Waals surface area contributed by atoms with Crippen molar-refractivity contribution in [2.45, 2.75) is 57.9 Å². The van der Waals surface area contributed by atoms with E-state index in [4.69, 9.17) is 0 Å². The molecule has 1 heteroatoms.